The lowest BCUT2D eigenvalue weighted by Gasteiger charge is -2.26. The average molecular weight is 210 g/mol. The highest BCUT2D eigenvalue weighted by atomic mass is 16.5. The van der Waals surface area contributed by atoms with Crippen LogP contribution in [0.2, 0.25) is 0 Å². The van der Waals surface area contributed by atoms with Crippen LogP contribution in [0.4, 0.5) is 0 Å². The summed E-state index contributed by atoms with van der Waals surface area (Å²) in [6, 6.07) is 0.0114. The number of aryl methyl sites for hydroxylation is 1. The van der Waals surface area contributed by atoms with E-state index in [2.05, 4.69) is 28.6 Å². The van der Waals surface area contributed by atoms with Crippen molar-refractivity contribution in [2.75, 3.05) is 13.2 Å². The predicted octanol–water partition coefficient (Wildman–Crippen LogP) is 0.303. The van der Waals surface area contributed by atoms with Gasteiger partial charge in [-0.2, -0.15) is 0 Å². The van der Waals surface area contributed by atoms with Crippen LogP contribution in [0.25, 0.3) is 0 Å². The largest absolute Gasteiger partial charge is 0.379 e. The zero-order valence-electron chi connectivity index (χ0n) is 9.31. The lowest BCUT2D eigenvalue weighted by Crippen LogP contribution is -2.43. The molecule has 5 nitrogen and oxygen atoms in total. The normalized spacial score (nSPS) is 31.0. The summed E-state index contributed by atoms with van der Waals surface area (Å²) in [6.45, 7) is 6.41. The number of hydrogen-bond donors (Lipinski definition) is 1. The molecule has 1 aromatic rings. The van der Waals surface area contributed by atoms with Crippen molar-refractivity contribution in [3.8, 4) is 0 Å². The standard InChI is InChI=1S/C10H18N4O/c1-3-4-14-7-12-13-9(14)10(2)6-15-5-8(10)11/h7-8H,3-6,11H2,1-2H3. The van der Waals surface area contributed by atoms with Crippen LogP contribution in [-0.2, 0) is 16.7 Å². The van der Waals surface area contributed by atoms with Crippen LogP contribution in [0.1, 0.15) is 26.1 Å². The molecular formula is C10H18N4O. The zero-order chi connectivity index (χ0) is 10.9. The molecule has 0 bridgehead atoms. The summed E-state index contributed by atoms with van der Waals surface area (Å²) in [5.41, 5.74) is 5.87. The van der Waals surface area contributed by atoms with E-state index in [4.69, 9.17) is 10.5 Å². The summed E-state index contributed by atoms with van der Waals surface area (Å²) in [5.74, 6) is 0.953. The third-order valence-electron chi connectivity index (χ3n) is 3.11. The Bertz CT molecular complexity index is 338. The van der Waals surface area contributed by atoms with Gasteiger partial charge < -0.3 is 15.0 Å². The van der Waals surface area contributed by atoms with Gasteiger partial charge in [0.15, 0.2) is 0 Å². The SMILES string of the molecule is CCCn1cnnc1C1(C)COCC1N. The van der Waals surface area contributed by atoms with Crippen molar-refractivity contribution in [2.45, 2.75) is 38.3 Å². The topological polar surface area (TPSA) is 66.0 Å². The Morgan fingerprint density at radius 2 is 2.53 bits per heavy atom. The highest BCUT2D eigenvalue weighted by Crippen LogP contribution is 2.30. The molecule has 0 saturated carbocycles. The minimum Gasteiger partial charge on any atom is -0.379 e. The van der Waals surface area contributed by atoms with Gasteiger partial charge in [0, 0.05) is 12.6 Å². The van der Waals surface area contributed by atoms with E-state index in [9.17, 15) is 0 Å². The third-order valence-corrected chi connectivity index (χ3v) is 3.11. The van der Waals surface area contributed by atoms with E-state index in [1.165, 1.54) is 0 Å². The van der Waals surface area contributed by atoms with Crippen molar-refractivity contribution < 1.29 is 4.74 Å². The van der Waals surface area contributed by atoms with E-state index in [1.807, 2.05) is 0 Å². The minimum absolute atomic E-state index is 0.0114. The van der Waals surface area contributed by atoms with E-state index in [0.29, 0.717) is 13.2 Å². The van der Waals surface area contributed by atoms with E-state index >= 15 is 0 Å². The fraction of sp³-hybridized carbons (Fsp3) is 0.800. The molecule has 2 rings (SSSR count). The molecule has 15 heavy (non-hydrogen) atoms. The molecule has 1 fully saturated rings. The summed E-state index contributed by atoms with van der Waals surface area (Å²) in [4.78, 5) is 0. The Morgan fingerprint density at radius 1 is 1.73 bits per heavy atom. The van der Waals surface area contributed by atoms with Crippen LogP contribution in [0.3, 0.4) is 0 Å². The van der Waals surface area contributed by atoms with Gasteiger partial charge in [-0.05, 0) is 13.3 Å². The molecule has 0 aromatic carbocycles. The van der Waals surface area contributed by atoms with Gasteiger partial charge in [0.1, 0.15) is 12.2 Å². The number of nitrogens with two attached hydrogens (primary N) is 1. The Hall–Kier alpha value is -0.940. The molecule has 2 unspecified atom stereocenters. The Morgan fingerprint density at radius 3 is 3.13 bits per heavy atom. The molecular weight excluding hydrogens is 192 g/mol. The van der Waals surface area contributed by atoms with Gasteiger partial charge in [0.2, 0.25) is 0 Å². The van der Waals surface area contributed by atoms with Gasteiger partial charge in [0.25, 0.3) is 0 Å². The summed E-state index contributed by atoms with van der Waals surface area (Å²) >= 11 is 0. The highest BCUT2D eigenvalue weighted by molar-refractivity contribution is 5.14. The lowest BCUT2D eigenvalue weighted by molar-refractivity contribution is 0.177. The Kier molecular flexibility index (Phi) is 2.75. The molecule has 2 heterocycles. The quantitative estimate of drug-likeness (QED) is 0.779. The average Bonchev–Trinajstić information content (AvgIpc) is 2.77. The van der Waals surface area contributed by atoms with E-state index in [0.717, 1.165) is 18.8 Å². The van der Waals surface area contributed by atoms with Gasteiger partial charge >= 0.3 is 0 Å². The smallest absolute Gasteiger partial charge is 0.142 e. The summed E-state index contributed by atoms with van der Waals surface area (Å²) < 4.78 is 7.50. The number of nitrogens with zero attached hydrogens (tertiary/aromatic N) is 3. The lowest BCUT2D eigenvalue weighted by atomic mass is 9.85. The van der Waals surface area contributed by atoms with Crippen LogP contribution in [0, 0.1) is 0 Å². The second kappa shape index (κ2) is 3.90. The van der Waals surface area contributed by atoms with Crippen molar-refractivity contribution >= 4 is 0 Å². The predicted molar refractivity (Wildman–Crippen MR) is 56.5 cm³/mol. The number of hydrogen-bond acceptors (Lipinski definition) is 4. The van der Waals surface area contributed by atoms with Crippen LogP contribution >= 0.6 is 0 Å². The molecule has 2 atom stereocenters. The van der Waals surface area contributed by atoms with Gasteiger partial charge in [-0.15, -0.1) is 10.2 Å². The highest BCUT2D eigenvalue weighted by Gasteiger charge is 2.42. The first-order valence-electron chi connectivity index (χ1n) is 5.40. The molecule has 1 aliphatic rings. The molecule has 0 aliphatic carbocycles. The molecule has 5 heteroatoms. The van der Waals surface area contributed by atoms with Gasteiger partial charge in [-0.3, -0.25) is 0 Å². The fourth-order valence-corrected chi connectivity index (χ4v) is 2.02. The van der Waals surface area contributed by atoms with Crippen molar-refractivity contribution in [3.63, 3.8) is 0 Å². The van der Waals surface area contributed by atoms with E-state index in [1.54, 1.807) is 6.33 Å². The molecule has 1 saturated heterocycles. The first kappa shape index (κ1) is 10.6. The van der Waals surface area contributed by atoms with Crippen LogP contribution in [0.15, 0.2) is 6.33 Å². The summed E-state index contributed by atoms with van der Waals surface area (Å²) in [5, 5.41) is 8.16. The molecule has 1 aliphatic heterocycles. The minimum atomic E-state index is -0.189. The maximum Gasteiger partial charge on any atom is 0.142 e. The molecule has 1 aromatic heterocycles. The Labute approximate surface area is 89.6 Å². The van der Waals surface area contributed by atoms with E-state index < -0.39 is 0 Å². The zero-order valence-corrected chi connectivity index (χ0v) is 9.31. The maximum atomic E-state index is 6.06. The van der Waals surface area contributed by atoms with Crippen molar-refractivity contribution in [2.24, 2.45) is 5.73 Å². The van der Waals surface area contributed by atoms with Crippen LogP contribution < -0.4 is 5.73 Å². The monoisotopic (exact) mass is 210 g/mol. The molecule has 0 spiro atoms. The molecule has 0 amide bonds. The first-order valence-corrected chi connectivity index (χ1v) is 5.40. The van der Waals surface area contributed by atoms with Crippen LogP contribution in [-0.4, -0.2) is 34.0 Å². The fourth-order valence-electron chi connectivity index (χ4n) is 2.02. The number of aromatic nitrogens is 3. The van der Waals surface area contributed by atoms with Crippen LogP contribution in [0.5, 0.6) is 0 Å². The Balaban J connectivity index is 2.31. The van der Waals surface area contributed by atoms with E-state index in [-0.39, 0.29) is 11.5 Å². The summed E-state index contributed by atoms with van der Waals surface area (Å²) in [6.07, 6.45) is 2.84. The van der Waals surface area contributed by atoms with Crippen molar-refractivity contribution in [3.05, 3.63) is 12.2 Å². The second-order valence-corrected chi connectivity index (χ2v) is 4.39. The molecule has 84 valence electrons. The van der Waals surface area contributed by atoms with Gasteiger partial charge in [-0.25, -0.2) is 0 Å². The first-order chi connectivity index (χ1) is 7.18. The third kappa shape index (κ3) is 1.66. The molecule has 2 N–H and O–H groups in total. The molecule has 0 radical (unpaired) electrons. The van der Waals surface area contributed by atoms with Gasteiger partial charge in [-0.1, -0.05) is 6.92 Å². The number of rotatable bonds is 3. The maximum absolute atomic E-state index is 6.06. The van der Waals surface area contributed by atoms with Gasteiger partial charge in [0.05, 0.1) is 18.6 Å². The second-order valence-electron chi connectivity index (χ2n) is 4.39. The summed E-state index contributed by atoms with van der Waals surface area (Å²) in [7, 11) is 0. The van der Waals surface area contributed by atoms with Crippen molar-refractivity contribution in [1.82, 2.24) is 14.8 Å². The number of ether oxygens (including phenoxy) is 1. The van der Waals surface area contributed by atoms with Crippen molar-refractivity contribution in [1.29, 1.82) is 0 Å².